The number of aromatic carboxylic acids is 1. The Morgan fingerprint density at radius 1 is 0.698 bits per heavy atom. The Labute approximate surface area is 371 Å². The molecule has 6 N–H and O–H groups in total. The van der Waals surface area contributed by atoms with E-state index in [0.29, 0.717) is 36.6 Å². The number of carbonyl (C=O) groups is 2. The van der Waals surface area contributed by atoms with E-state index in [9.17, 15) is 31.5 Å². The molecule has 2 aliphatic carbocycles. The highest BCUT2D eigenvalue weighted by Crippen LogP contribution is 2.45. The number of halogens is 2. The van der Waals surface area contributed by atoms with Crippen molar-refractivity contribution < 1.29 is 51.2 Å². The van der Waals surface area contributed by atoms with Gasteiger partial charge in [-0.05, 0) is 74.2 Å². The molecule has 0 saturated heterocycles. The average Bonchev–Trinajstić information content (AvgIpc) is 3.99. The number of para-hydroxylation sites is 2. The van der Waals surface area contributed by atoms with E-state index < -0.39 is 42.6 Å². The molecule has 6 aromatic rings. The number of benzene rings is 2. The van der Waals surface area contributed by atoms with Gasteiger partial charge in [0, 0.05) is 35.4 Å². The molecule has 19 nitrogen and oxygen atoms in total. The minimum atomic E-state index is -4.30. The number of carboxylic acid groups (broad SMARTS) is 1. The standard InChI is InChI=1S/C20H19ClN4O5S.C14H14ClN3O3.C6H7NO3S/c1-20(9-10-20)12-30-17-8-11-25(23-17)16-7-6-13(18(21)22-16)19(27)24-31(28,29)15-5-3-2-4-14(15)26;1-14(5-6-14)8-21-11-4-7-18(17-11)10-3-2-9(13(19)20)12(15)16-10;7-11(9,10)6-4-2-1-3-5(6)8/h2-8,11,26H,9-10,12H2,1H3,(H,24,27);2-4,7H,5-6,8H2,1H3,(H,19,20);1-4,8H,(H2,7,9,10). The first-order valence-corrected chi connectivity index (χ1v) is 22.5. The maximum absolute atomic E-state index is 12.5. The van der Waals surface area contributed by atoms with Crippen molar-refractivity contribution in [3.05, 3.63) is 119 Å². The quantitative estimate of drug-likeness (QED) is 0.0861. The minimum absolute atomic E-state index is 0.0364. The summed E-state index contributed by atoms with van der Waals surface area (Å²) in [6.45, 7) is 5.56. The third kappa shape index (κ3) is 12.2. The van der Waals surface area contributed by atoms with Gasteiger partial charge in [-0.3, -0.25) is 4.79 Å². The van der Waals surface area contributed by atoms with E-state index in [4.69, 9.17) is 48.0 Å². The number of phenols is 2. The van der Waals surface area contributed by atoms with Gasteiger partial charge in [0.05, 0.1) is 24.3 Å². The van der Waals surface area contributed by atoms with E-state index in [1.54, 1.807) is 30.6 Å². The minimum Gasteiger partial charge on any atom is -0.507 e. The Kier molecular flexibility index (Phi) is 13.7. The van der Waals surface area contributed by atoms with Gasteiger partial charge in [0.1, 0.15) is 31.6 Å². The third-order valence-electron chi connectivity index (χ3n) is 9.64. The number of nitrogens with two attached hydrogens (primary N) is 1. The van der Waals surface area contributed by atoms with Gasteiger partial charge < -0.3 is 24.8 Å². The number of pyridine rings is 2. The van der Waals surface area contributed by atoms with E-state index in [-0.39, 0.29) is 42.9 Å². The Bertz CT molecular complexity index is 2880. The molecule has 4 aromatic heterocycles. The number of carbonyl (C=O) groups excluding carboxylic acids is 1. The van der Waals surface area contributed by atoms with Gasteiger partial charge in [0.2, 0.25) is 21.8 Å². The van der Waals surface area contributed by atoms with Crippen LogP contribution in [0.5, 0.6) is 23.3 Å². The van der Waals surface area contributed by atoms with Crippen LogP contribution in [0.2, 0.25) is 10.3 Å². The SMILES string of the molecule is CC1(COc2ccn(-c3ccc(C(=O)NS(=O)(=O)c4ccccc4O)c(Cl)n3)n2)CC1.CC1(COc2ccn(-c3ccc(C(=O)O)c(Cl)n3)n2)CC1.NS(=O)(=O)c1ccccc1O. The highest BCUT2D eigenvalue weighted by atomic mass is 35.5. The van der Waals surface area contributed by atoms with Gasteiger partial charge in [-0.2, -0.15) is 0 Å². The van der Waals surface area contributed by atoms with E-state index in [1.807, 2.05) is 4.72 Å². The van der Waals surface area contributed by atoms with Gasteiger partial charge in [-0.1, -0.05) is 61.3 Å². The van der Waals surface area contributed by atoms with E-state index in [0.717, 1.165) is 12.8 Å². The highest BCUT2D eigenvalue weighted by molar-refractivity contribution is 7.90. The summed E-state index contributed by atoms with van der Waals surface area (Å²) in [7, 11) is -8.08. The highest BCUT2D eigenvalue weighted by Gasteiger charge is 2.39. The second-order valence-electron chi connectivity index (χ2n) is 15.1. The van der Waals surface area contributed by atoms with Crippen LogP contribution in [0, 0.1) is 10.8 Å². The molecule has 23 heteroatoms. The summed E-state index contributed by atoms with van der Waals surface area (Å²) in [5.74, 6) is -1.15. The number of nitrogens with zero attached hydrogens (tertiary/aromatic N) is 6. The molecule has 1 amide bonds. The first kappa shape index (κ1) is 46.2. The lowest BCUT2D eigenvalue weighted by molar-refractivity contribution is 0.0696. The largest absolute Gasteiger partial charge is 0.507 e. The fourth-order valence-electron chi connectivity index (χ4n) is 5.28. The molecular weight excluding hydrogens is 904 g/mol. The summed E-state index contributed by atoms with van der Waals surface area (Å²) in [4.78, 5) is 30.8. The molecular formula is C40H40Cl2N8O11S2. The van der Waals surface area contributed by atoms with Gasteiger partial charge >= 0.3 is 5.97 Å². The van der Waals surface area contributed by atoms with Crippen molar-refractivity contribution in [3.8, 4) is 34.9 Å². The monoisotopic (exact) mass is 942 g/mol. The second-order valence-corrected chi connectivity index (χ2v) is 19.0. The molecule has 0 spiro atoms. The van der Waals surface area contributed by atoms with Gasteiger partial charge in [-0.25, -0.2) is 50.8 Å². The molecule has 63 heavy (non-hydrogen) atoms. The number of rotatable bonds is 13. The molecule has 2 fully saturated rings. The number of primary sulfonamides is 1. The van der Waals surface area contributed by atoms with Crippen LogP contribution in [0.25, 0.3) is 11.6 Å². The fourth-order valence-corrected chi connectivity index (χ4v) is 7.44. The molecule has 4 heterocycles. The third-order valence-corrected chi connectivity index (χ3v) is 12.6. The smallest absolute Gasteiger partial charge is 0.338 e. The van der Waals surface area contributed by atoms with E-state index in [2.05, 4.69) is 34.0 Å². The zero-order valence-electron chi connectivity index (χ0n) is 33.4. The van der Waals surface area contributed by atoms with Crippen molar-refractivity contribution in [1.82, 2.24) is 34.3 Å². The predicted molar refractivity (Wildman–Crippen MR) is 228 cm³/mol. The summed E-state index contributed by atoms with van der Waals surface area (Å²) in [5, 5.41) is 40.7. The van der Waals surface area contributed by atoms with Crippen molar-refractivity contribution in [1.29, 1.82) is 0 Å². The lowest BCUT2D eigenvalue weighted by atomic mass is 10.2. The van der Waals surface area contributed by atoms with Crippen LogP contribution in [0.1, 0.15) is 60.2 Å². The lowest BCUT2D eigenvalue weighted by Gasteiger charge is -2.10. The molecule has 2 aliphatic rings. The van der Waals surface area contributed by atoms with Gasteiger partial charge in [0.15, 0.2) is 11.6 Å². The number of aromatic hydroxyl groups is 2. The maximum Gasteiger partial charge on any atom is 0.338 e. The number of aromatic nitrogens is 6. The molecule has 0 bridgehead atoms. The van der Waals surface area contributed by atoms with Crippen molar-refractivity contribution >= 4 is 55.1 Å². The van der Waals surface area contributed by atoms with Crippen molar-refractivity contribution in [3.63, 3.8) is 0 Å². The molecule has 0 atom stereocenters. The van der Waals surface area contributed by atoms with Crippen molar-refractivity contribution in [2.75, 3.05) is 13.2 Å². The zero-order chi connectivity index (χ0) is 45.7. The number of phenolic OH excluding ortho intramolecular Hbond substituents is 2. The molecule has 0 unspecified atom stereocenters. The van der Waals surface area contributed by atoms with Crippen LogP contribution in [0.4, 0.5) is 0 Å². The summed E-state index contributed by atoms with van der Waals surface area (Å²) in [6.07, 6.45) is 7.97. The number of sulfonamides is 2. The Morgan fingerprint density at radius 3 is 1.51 bits per heavy atom. The van der Waals surface area contributed by atoms with Crippen molar-refractivity contribution in [2.45, 2.75) is 49.3 Å². The van der Waals surface area contributed by atoms with Crippen molar-refractivity contribution in [2.24, 2.45) is 16.0 Å². The van der Waals surface area contributed by atoms with Crippen LogP contribution in [-0.2, 0) is 20.0 Å². The second kappa shape index (κ2) is 18.6. The normalized spacial score (nSPS) is 14.5. The predicted octanol–water partition coefficient (Wildman–Crippen LogP) is 5.76. The molecule has 2 aromatic carbocycles. The van der Waals surface area contributed by atoms with Crippen LogP contribution in [0.3, 0.4) is 0 Å². The molecule has 2 saturated carbocycles. The number of ether oxygens (including phenoxy) is 2. The Balaban J connectivity index is 0.000000177. The van der Waals surface area contributed by atoms with E-state index in [1.165, 1.54) is 88.9 Å². The topological polar surface area (TPSA) is 281 Å². The molecule has 0 radical (unpaired) electrons. The van der Waals surface area contributed by atoms with Crippen LogP contribution in [-0.4, -0.2) is 86.8 Å². The Morgan fingerprint density at radius 2 is 1.13 bits per heavy atom. The lowest BCUT2D eigenvalue weighted by Crippen LogP contribution is -2.31. The van der Waals surface area contributed by atoms with E-state index >= 15 is 0 Å². The summed E-state index contributed by atoms with van der Waals surface area (Å²) >= 11 is 12.0. The number of carboxylic acids is 1. The first-order chi connectivity index (χ1) is 29.7. The number of nitrogens with one attached hydrogen (secondary N) is 1. The Hall–Kier alpha value is -6.26. The number of hydrogen-bond acceptors (Lipinski definition) is 14. The average molecular weight is 944 g/mol. The maximum atomic E-state index is 12.5. The summed E-state index contributed by atoms with van der Waals surface area (Å²) in [5.41, 5.74) is 0.325. The van der Waals surface area contributed by atoms with Gasteiger partial charge in [-0.15, -0.1) is 10.2 Å². The van der Waals surface area contributed by atoms with Crippen LogP contribution >= 0.6 is 23.2 Å². The van der Waals surface area contributed by atoms with Gasteiger partial charge in [0.25, 0.3) is 15.9 Å². The molecule has 332 valence electrons. The number of amides is 1. The summed E-state index contributed by atoms with van der Waals surface area (Å²) in [6, 6.07) is 20.0. The molecule has 0 aliphatic heterocycles. The number of hydrogen-bond donors (Lipinski definition) is 5. The van der Waals surface area contributed by atoms with Crippen LogP contribution in [0.15, 0.2) is 107 Å². The van der Waals surface area contributed by atoms with Crippen LogP contribution < -0.4 is 19.3 Å². The zero-order valence-corrected chi connectivity index (χ0v) is 36.6. The molecule has 8 rings (SSSR count). The fraction of sp³-hybridized carbons (Fsp3) is 0.250. The first-order valence-electron chi connectivity index (χ1n) is 18.8. The summed E-state index contributed by atoms with van der Waals surface area (Å²) < 4.78 is 62.3.